The lowest BCUT2D eigenvalue weighted by molar-refractivity contribution is 0.222. The summed E-state index contributed by atoms with van der Waals surface area (Å²) in [4.78, 5) is 0. The Hall–Kier alpha value is -0.780. The van der Waals surface area contributed by atoms with Crippen LogP contribution < -0.4 is 0 Å². The van der Waals surface area contributed by atoms with E-state index in [1.807, 2.05) is 0 Å². The summed E-state index contributed by atoms with van der Waals surface area (Å²) in [7, 11) is 0. The molecule has 0 heterocycles. The summed E-state index contributed by atoms with van der Waals surface area (Å²) >= 11 is 0. The molecule has 0 aliphatic rings. The minimum absolute atomic E-state index is 0.103. The summed E-state index contributed by atoms with van der Waals surface area (Å²) in [5.41, 5.74) is 6.75. The second-order valence-electron chi connectivity index (χ2n) is 12.6. The third kappa shape index (κ3) is 4.50. The predicted molar refractivity (Wildman–Crippen MR) is 115 cm³/mol. The van der Waals surface area contributed by atoms with Crippen molar-refractivity contribution in [1.82, 2.24) is 0 Å². The van der Waals surface area contributed by atoms with Gasteiger partial charge in [0.1, 0.15) is 0 Å². The summed E-state index contributed by atoms with van der Waals surface area (Å²) in [6, 6.07) is 5.08. The molecule has 0 aliphatic carbocycles. The van der Waals surface area contributed by atoms with Crippen molar-refractivity contribution >= 4 is 0 Å². The molecule has 25 heavy (non-hydrogen) atoms. The summed E-state index contributed by atoms with van der Waals surface area (Å²) in [5.74, 6) is 0. The van der Waals surface area contributed by atoms with Crippen molar-refractivity contribution in [1.29, 1.82) is 0 Å². The molecular weight excluding hydrogens is 300 g/mol. The van der Waals surface area contributed by atoms with E-state index >= 15 is 0 Å². The highest BCUT2D eigenvalue weighted by molar-refractivity contribution is 5.50. The van der Waals surface area contributed by atoms with Crippen molar-refractivity contribution in [2.75, 3.05) is 0 Å². The molecule has 0 saturated carbocycles. The van der Waals surface area contributed by atoms with Gasteiger partial charge in [-0.3, -0.25) is 0 Å². The third-order valence-electron chi connectivity index (χ3n) is 6.13. The van der Waals surface area contributed by atoms with E-state index in [2.05, 4.69) is 109 Å². The fraction of sp³-hybridized carbons (Fsp3) is 0.760. The molecule has 0 nitrogen and oxygen atoms in total. The van der Waals surface area contributed by atoms with Crippen LogP contribution in [0.3, 0.4) is 0 Å². The van der Waals surface area contributed by atoms with Crippen LogP contribution in [0.2, 0.25) is 0 Å². The van der Waals surface area contributed by atoms with Crippen LogP contribution >= 0.6 is 0 Å². The predicted octanol–water partition coefficient (Wildman–Crippen LogP) is 7.90. The Morgan fingerprint density at radius 2 is 0.640 bits per heavy atom. The summed E-state index contributed by atoms with van der Waals surface area (Å²) in [5, 5.41) is 0. The number of benzene rings is 1. The first-order chi connectivity index (χ1) is 10.7. The maximum absolute atomic E-state index is 2.55. The van der Waals surface area contributed by atoms with Gasteiger partial charge in [0.25, 0.3) is 0 Å². The molecule has 1 aromatic rings. The van der Waals surface area contributed by atoms with Gasteiger partial charge in [0.05, 0.1) is 0 Å². The van der Waals surface area contributed by atoms with Gasteiger partial charge in [-0.2, -0.15) is 0 Å². The van der Waals surface area contributed by atoms with Crippen molar-refractivity contribution < 1.29 is 0 Å². The third-order valence-corrected chi connectivity index (χ3v) is 6.13. The van der Waals surface area contributed by atoms with E-state index in [-0.39, 0.29) is 27.1 Å². The number of rotatable bonds is 1. The summed E-state index contributed by atoms with van der Waals surface area (Å²) < 4.78 is 0. The van der Waals surface area contributed by atoms with Crippen LogP contribution in [0.5, 0.6) is 0 Å². The lowest BCUT2D eigenvalue weighted by Crippen LogP contribution is -2.37. The van der Waals surface area contributed by atoms with E-state index in [9.17, 15) is 0 Å². The maximum Gasteiger partial charge on any atom is -0.00520 e. The zero-order valence-electron chi connectivity index (χ0n) is 19.7. The van der Waals surface area contributed by atoms with Crippen LogP contribution in [0.15, 0.2) is 12.1 Å². The lowest BCUT2D eigenvalue weighted by atomic mass is 9.60. The normalized spacial score (nSPS) is 14.8. The molecule has 0 bridgehead atoms. The minimum Gasteiger partial charge on any atom is -0.0593 e. The molecule has 0 spiro atoms. The first-order valence-electron chi connectivity index (χ1n) is 9.90. The van der Waals surface area contributed by atoms with Gasteiger partial charge in [-0.25, -0.2) is 0 Å². The Balaban J connectivity index is 4.03. The Bertz CT molecular complexity index is 614. The van der Waals surface area contributed by atoms with Crippen molar-refractivity contribution in [2.24, 2.45) is 5.41 Å². The zero-order chi connectivity index (χ0) is 20.2. The van der Waals surface area contributed by atoms with Crippen LogP contribution in [-0.2, 0) is 21.7 Å². The molecule has 0 saturated heterocycles. The molecule has 0 heteroatoms. The van der Waals surface area contributed by atoms with Gasteiger partial charge in [-0.1, -0.05) is 109 Å². The van der Waals surface area contributed by atoms with E-state index < -0.39 is 0 Å². The second kappa shape index (κ2) is 6.14. The van der Waals surface area contributed by atoms with Gasteiger partial charge in [0.2, 0.25) is 0 Å². The fourth-order valence-electron chi connectivity index (χ4n) is 3.38. The Kier molecular flexibility index (Phi) is 5.47. The molecular formula is C25H44. The smallest absolute Gasteiger partial charge is 0.00520 e. The Labute approximate surface area is 158 Å². The van der Waals surface area contributed by atoms with E-state index in [1.54, 1.807) is 0 Å². The minimum atomic E-state index is 0.103. The molecule has 0 N–H and O–H groups in total. The molecule has 0 unspecified atom stereocenters. The largest absolute Gasteiger partial charge is 0.0593 e. The van der Waals surface area contributed by atoms with Crippen LogP contribution in [0.4, 0.5) is 0 Å². The molecule has 1 rings (SSSR count). The standard InChI is InChI=1S/C25H44/c1-21(2,3)17-15-19(23(7,8)9)20(16-18(17)22(4,5)6)25(13,14)24(10,11)12/h15-16H,1-14H3. The van der Waals surface area contributed by atoms with E-state index in [1.165, 1.54) is 22.3 Å². The second-order valence-corrected chi connectivity index (χ2v) is 12.6. The molecule has 144 valence electrons. The number of hydrogen-bond donors (Lipinski definition) is 0. The van der Waals surface area contributed by atoms with Crippen molar-refractivity contribution in [3.63, 3.8) is 0 Å². The molecule has 1 aromatic carbocycles. The first-order valence-corrected chi connectivity index (χ1v) is 9.90. The van der Waals surface area contributed by atoms with Crippen LogP contribution in [0.1, 0.15) is 119 Å². The van der Waals surface area contributed by atoms with Crippen LogP contribution in [0, 0.1) is 5.41 Å². The fourth-order valence-corrected chi connectivity index (χ4v) is 3.38. The summed E-state index contributed by atoms with van der Waals surface area (Å²) in [6.07, 6.45) is 0. The van der Waals surface area contributed by atoms with E-state index in [0.717, 1.165) is 0 Å². The highest BCUT2D eigenvalue weighted by atomic mass is 14.4. The Morgan fingerprint density at radius 3 is 0.880 bits per heavy atom. The molecule has 0 aliphatic heterocycles. The highest BCUT2D eigenvalue weighted by Gasteiger charge is 2.39. The summed E-state index contributed by atoms with van der Waals surface area (Å²) in [6.45, 7) is 33.1. The van der Waals surface area contributed by atoms with Gasteiger partial charge in [-0.05, 0) is 49.3 Å². The van der Waals surface area contributed by atoms with Crippen LogP contribution in [0.25, 0.3) is 0 Å². The van der Waals surface area contributed by atoms with E-state index in [0.29, 0.717) is 0 Å². The maximum atomic E-state index is 2.55. The van der Waals surface area contributed by atoms with Gasteiger partial charge < -0.3 is 0 Å². The zero-order valence-corrected chi connectivity index (χ0v) is 19.7. The Morgan fingerprint density at radius 1 is 0.400 bits per heavy atom. The average molecular weight is 345 g/mol. The van der Waals surface area contributed by atoms with Crippen molar-refractivity contribution in [3.05, 3.63) is 34.4 Å². The highest BCUT2D eigenvalue weighted by Crippen LogP contribution is 2.48. The van der Waals surface area contributed by atoms with Gasteiger partial charge in [0.15, 0.2) is 0 Å². The first kappa shape index (κ1) is 22.3. The molecule has 0 amide bonds. The van der Waals surface area contributed by atoms with E-state index in [4.69, 9.17) is 0 Å². The SMILES string of the molecule is CC(C)(C)c1cc(C(C)(C)C)c(C(C)(C)C(C)(C)C)cc1C(C)(C)C. The van der Waals surface area contributed by atoms with Crippen molar-refractivity contribution in [2.45, 2.75) is 119 Å². The molecule has 0 aromatic heterocycles. The van der Waals surface area contributed by atoms with Gasteiger partial charge in [-0.15, -0.1) is 0 Å². The lowest BCUT2D eigenvalue weighted by Gasteiger charge is -2.44. The number of hydrogen-bond acceptors (Lipinski definition) is 0. The molecule has 0 fully saturated rings. The molecule has 0 atom stereocenters. The van der Waals surface area contributed by atoms with Gasteiger partial charge >= 0.3 is 0 Å². The quantitative estimate of drug-likeness (QED) is 0.485. The van der Waals surface area contributed by atoms with Crippen molar-refractivity contribution in [3.8, 4) is 0 Å². The monoisotopic (exact) mass is 344 g/mol. The molecule has 0 radical (unpaired) electrons. The topological polar surface area (TPSA) is 0 Å². The average Bonchev–Trinajstić information content (AvgIpc) is 2.32. The van der Waals surface area contributed by atoms with Crippen LogP contribution in [-0.4, -0.2) is 0 Å². The van der Waals surface area contributed by atoms with Gasteiger partial charge in [0, 0.05) is 0 Å².